The molecule has 4 heteroatoms. The molecule has 0 spiro atoms. The second-order valence-electron chi connectivity index (χ2n) is 3.61. The van der Waals surface area contributed by atoms with Crippen molar-refractivity contribution >= 4 is 11.8 Å². The van der Waals surface area contributed by atoms with Crippen LogP contribution in [0.2, 0.25) is 0 Å². The van der Waals surface area contributed by atoms with E-state index in [1.807, 2.05) is 19.1 Å². The van der Waals surface area contributed by atoms with Crippen molar-refractivity contribution in [2.45, 2.75) is 25.9 Å². The van der Waals surface area contributed by atoms with Gasteiger partial charge in [-0.3, -0.25) is 9.59 Å². The largest absolute Gasteiger partial charge is 0.469 e. The van der Waals surface area contributed by atoms with E-state index >= 15 is 0 Å². The van der Waals surface area contributed by atoms with Crippen molar-refractivity contribution in [3.8, 4) is 0 Å². The van der Waals surface area contributed by atoms with Crippen molar-refractivity contribution in [1.29, 1.82) is 0 Å². The Bertz CT molecular complexity index is 340. The van der Waals surface area contributed by atoms with Crippen LogP contribution in [0.1, 0.15) is 19.8 Å². The Labute approximate surface area is 108 Å². The van der Waals surface area contributed by atoms with Gasteiger partial charge in [-0.1, -0.05) is 30.4 Å². The summed E-state index contributed by atoms with van der Waals surface area (Å²) in [5.41, 5.74) is 0. The number of allylic oxidation sites excluding steroid dienone is 5. The molecule has 0 aromatic carbocycles. The average Bonchev–Trinajstić information content (AvgIpc) is 2.39. The van der Waals surface area contributed by atoms with E-state index in [-0.39, 0.29) is 30.7 Å². The summed E-state index contributed by atoms with van der Waals surface area (Å²) in [6.45, 7) is 1.93. The van der Waals surface area contributed by atoms with Crippen LogP contribution in [0.4, 0.5) is 0 Å². The lowest BCUT2D eigenvalue weighted by atomic mass is 10.2. The Hall–Kier alpha value is -1.68. The summed E-state index contributed by atoms with van der Waals surface area (Å²) in [6, 6.07) is 0. The first-order chi connectivity index (χ1) is 8.60. The van der Waals surface area contributed by atoms with E-state index < -0.39 is 0 Å². The molecule has 0 radical (unpaired) electrons. The molecule has 0 amide bonds. The van der Waals surface area contributed by atoms with Crippen LogP contribution in [-0.2, 0) is 19.1 Å². The van der Waals surface area contributed by atoms with Crippen LogP contribution < -0.4 is 0 Å². The minimum Gasteiger partial charge on any atom is -0.469 e. The Balaban J connectivity index is 3.87. The number of carbonyl (C=O) groups excluding carboxylic acids is 2. The molecule has 0 saturated heterocycles. The summed E-state index contributed by atoms with van der Waals surface area (Å²) >= 11 is 0. The van der Waals surface area contributed by atoms with Crippen molar-refractivity contribution in [2.75, 3.05) is 14.2 Å². The molecule has 0 aliphatic carbocycles. The van der Waals surface area contributed by atoms with Gasteiger partial charge in [0.05, 0.1) is 19.6 Å². The number of hydrogen-bond donors (Lipinski definition) is 0. The predicted molar refractivity (Wildman–Crippen MR) is 70.1 cm³/mol. The molecule has 0 N–H and O–H groups in total. The monoisotopic (exact) mass is 252 g/mol. The molecule has 1 unspecified atom stereocenters. The number of carbonyl (C=O) groups is 2. The van der Waals surface area contributed by atoms with E-state index in [4.69, 9.17) is 4.74 Å². The van der Waals surface area contributed by atoms with Crippen LogP contribution in [-0.4, -0.2) is 32.1 Å². The number of ketones is 1. The lowest BCUT2D eigenvalue weighted by Gasteiger charge is -1.99. The van der Waals surface area contributed by atoms with Crippen molar-refractivity contribution in [2.24, 2.45) is 0 Å². The maximum atomic E-state index is 11.3. The molecule has 0 fully saturated rings. The number of ether oxygens (including phenoxy) is 2. The fourth-order valence-electron chi connectivity index (χ4n) is 1.00. The summed E-state index contributed by atoms with van der Waals surface area (Å²) in [4.78, 5) is 22.1. The van der Waals surface area contributed by atoms with E-state index in [1.165, 1.54) is 13.2 Å². The molecule has 0 bridgehead atoms. The molecular formula is C14H20O4. The number of methoxy groups -OCH3 is 2. The van der Waals surface area contributed by atoms with Crippen LogP contribution in [0.3, 0.4) is 0 Å². The van der Waals surface area contributed by atoms with Crippen LogP contribution in [0.15, 0.2) is 36.5 Å². The normalized spacial score (nSPS) is 13.5. The quantitative estimate of drug-likeness (QED) is 0.377. The van der Waals surface area contributed by atoms with Crippen molar-refractivity contribution < 1.29 is 19.1 Å². The molecule has 18 heavy (non-hydrogen) atoms. The zero-order chi connectivity index (χ0) is 13.8. The van der Waals surface area contributed by atoms with Crippen molar-refractivity contribution in [1.82, 2.24) is 0 Å². The maximum Gasteiger partial charge on any atom is 0.305 e. The first kappa shape index (κ1) is 16.3. The van der Waals surface area contributed by atoms with Crippen LogP contribution in [0.25, 0.3) is 0 Å². The van der Waals surface area contributed by atoms with Gasteiger partial charge in [0.15, 0.2) is 5.78 Å². The van der Waals surface area contributed by atoms with E-state index in [2.05, 4.69) is 4.74 Å². The summed E-state index contributed by atoms with van der Waals surface area (Å²) < 4.78 is 9.46. The molecular weight excluding hydrogens is 232 g/mol. The fourth-order valence-corrected chi connectivity index (χ4v) is 1.00. The second kappa shape index (κ2) is 10.5. The van der Waals surface area contributed by atoms with Gasteiger partial charge in [-0.2, -0.15) is 0 Å². The highest BCUT2D eigenvalue weighted by atomic mass is 16.5. The van der Waals surface area contributed by atoms with Crippen LogP contribution >= 0.6 is 0 Å². The Morgan fingerprint density at radius 2 is 1.72 bits per heavy atom. The van der Waals surface area contributed by atoms with Gasteiger partial charge in [0.25, 0.3) is 0 Å². The molecule has 0 aromatic heterocycles. The Kier molecular flexibility index (Phi) is 9.50. The minimum atomic E-state index is -0.372. The number of esters is 1. The third-order valence-electron chi connectivity index (χ3n) is 2.17. The number of rotatable bonds is 8. The van der Waals surface area contributed by atoms with Crippen molar-refractivity contribution in [3.63, 3.8) is 0 Å². The van der Waals surface area contributed by atoms with E-state index in [0.717, 1.165) is 0 Å². The summed E-state index contributed by atoms with van der Waals surface area (Å²) in [6.07, 6.45) is 10.7. The molecule has 0 heterocycles. The highest BCUT2D eigenvalue weighted by Gasteiger charge is 2.02. The Morgan fingerprint density at radius 3 is 2.33 bits per heavy atom. The third-order valence-corrected chi connectivity index (χ3v) is 2.17. The zero-order valence-electron chi connectivity index (χ0n) is 11.1. The van der Waals surface area contributed by atoms with Crippen LogP contribution in [0.5, 0.6) is 0 Å². The molecule has 0 aliphatic rings. The van der Waals surface area contributed by atoms with E-state index in [0.29, 0.717) is 0 Å². The third kappa shape index (κ3) is 9.54. The van der Waals surface area contributed by atoms with Gasteiger partial charge in [-0.15, -0.1) is 0 Å². The lowest BCUT2D eigenvalue weighted by molar-refractivity contribution is -0.141. The first-order valence-electron chi connectivity index (χ1n) is 5.74. The van der Waals surface area contributed by atoms with Crippen molar-refractivity contribution in [3.05, 3.63) is 36.5 Å². The predicted octanol–water partition coefficient (Wildman–Crippen LogP) is 2.21. The molecule has 0 saturated carbocycles. The Morgan fingerprint density at radius 1 is 1.06 bits per heavy atom. The van der Waals surface area contributed by atoms with Crippen LogP contribution in [0, 0.1) is 0 Å². The SMILES string of the molecule is COC(=O)CCC(=O)C=CC=CC=CC(C)OC. The number of hydrogen-bond acceptors (Lipinski definition) is 4. The van der Waals surface area contributed by atoms with Gasteiger partial charge < -0.3 is 9.47 Å². The van der Waals surface area contributed by atoms with Gasteiger partial charge in [-0.25, -0.2) is 0 Å². The second-order valence-corrected chi connectivity index (χ2v) is 3.61. The molecule has 0 aliphatic heterocycles. The molecule has 1 atom stereocenters. The summed E-state index contributed by atoms with van der Waals surface area (Å²) in [7, 11) is 2.94. The fraction of sp³-hybridized carbons (Fsp3) is 0.429. The molecule has 0 rings (SSSR count). The molecule has 0 aromatic rings. The van der Waals surface area contributed by atoms with E-state index in [1.54, 1.807) is 25.3 Å². The van der Waals surface area contributed by atoms with E-state index in [9.17, 15) is 9.59 Å². The van der Waals surface area contributed by atoms with Gasteiger partial charge in [0.1, 0.15) is 0 Å². The van der Waals surface area contributed by atoms with Gasteiger partial charge in [0, 0.05) is 13.5 Å². The lowest BCUT2D eigenvalue weighted by Crippen LogP contribution is -2.03. The molecule has 100 valence electrons. The standard InChI is InChI=1S/C14H20O4/c1-12(17-2)8-6-4-5-7-9-13(15)10-11-14(16)18-3/h4-9,12H,10-11H2,1-3H3. The molecule has 4 nitrogen and oxygen atoms in total. The first-order valence-corrected chi connectivity index (χ1v) is 5.74. The highest BCUT2D eigenvalue weighted by Crippen LogP contribution is 1.95. The van der Waals surface area contributed by atoms with Gasteiger partial charge in [0.2, 0.25) is 0 Å². The summed E-state index contributed by atoms with van der Waals surface area (Å²) in [5, 5.41) is 0. The maximum absolute atomic E-state index is 11.3. The van der Waals surface area contributed by atoms with Gasteiger partial charge in [-0.05, 0) is 13.0 Å². The smallest absolute Gasteiger partial charge is 0.305 e. The minimum absolute atomic E-state index is 0.0697. The topological polar surface area (TPSA) is 52.6 Å². The van der Waals surface area contributed by atoms with Gasteiger partial charge >= 0.3 is 5.97 Å². The zero-order valence-corrected chi connectivity index (χ0v) is 11.1. The summed E-state index contributed by atoms with van der Waals surface area (Å²) in [5.74, 6) is -0.469. The average molecular weight is 252 g/mol. The highest BCUT2D eigenvalue weighted by molar-refractivity contribution is 5.91.